The number of furan rings is 1. The lowest BCUT2D eigenvalue weighted by atomic mass is 9.97. The Morgan fingerprint density at radius 1 is 1.33 bits per heavy atom. The Morgan fingerprint density at radius 2 is 2.10 bits per heavy atom. The molecule has 0 saturated carbocycles. The van der Waals surface area contributed by atoms with Crippen LogP contribution in [0.5, 0.6) is 0 Å². The Morgan fingerprint density at radius 3 is 2.71 bits per heavy atom. The van der Waals surface area contributed by atoms with Crippen molar-refractivity contribution in [2.24, 2.45) is 5.92 Å². The van der Waals surface area contributed by atoms with Gasteiger partial charge in [0.15, 0.2) is 10.4 Å². The van der Waals surface area contributed by atoms with Crippen LogP contribution in [0.1, 0.15) is 18.7 Å². The molecule has 0 unspecified atom stereocenters. The molecule has 3 heterocycles. The second kappa shape index (κ2) is 5.98. The summed E-state index contributed by atoms with van der Waals surface area (Å²) in [4.78, 5) is 13.0. The van der Waals surface area contributed by atoms with Crippen molar-refractivity contribution in [2.75, 3.05) is 13.1 Å². The largest absolute Gasteiger partial charge is 0.481 e. The lowest BCUT2D eigenvalue weighted by Gasteiger charge is -2.28. The predicted octanol–water partition coefficient (Wildman–Crippen LogP) is 2.39. The number of carbonyl (C=O) groups is 1. The molecule has 2 aromatic rings. The zero-order chi connectivity index (χ0) is 14.8. The standard InChI is InChI=1S/C13H14BrN3O4/c14-10-2-1-9(20-10)12-16-15-11(21-12)7-17-5-3-8(4-6-17)13(18)19/h1-2,8H,3-7H2,(H,18,19). The van der Waals surface area contributed by atoms with Gasteiger partial charge in [0, 0.05) is 0 Å². The number of piperidine rings is 1. The van der Waals surface area contributed by atoms with Crippen molar-refractivity contribution in [1.29, 1.82) is 0 Å². The van der Waals surface area contributed by atoms with E-state index in [0.29, 0.717) is 41.6 Å². The molecular formula is C13H14BrN3O4. The molecule has 0 amide bonds. The molecule has 2 aromatic heterocycles. The van der Waals surface area contributed by atoms with Crippen molar-refractivity contribution in [2.45, 2.75) is 19.4 Å². The number of nitrogens with zero attached hydrogens (tertiary/aromatic N) is 3. The Labute approximate surface area is 129 Å². The molecule has 21 heavy (non-hydrogen) atoms. The number of rotatable bonds is 4. The maximum atomic E-state index is 10.9. The summed E-state index contributed by atoms with van der Waals surface area (Å²) in [6.45, 7) is 1.98. The minimum absolute atomic E-state index is 0.236. The fourth-order valence-corrected chi connectivity index (χ4v) is 2.68. The summed E-state index contributed by atoms with van der Waals surface area (Å²) in [5, 5.41) is 16.9. The highest BCUT2D eigenvalue weighted by Crippen LogP contribution is 2.24. The molecular weight excluding hydrogens is 342 g/mol. The van der Waals surface area contributed by atoms with Crippen molar-refractivity contribution in [3.63, 3.8) is 0 Å². The van der Waals surface area contributed by atoms with E-state index in [1.165, 1.54) is 0 Å². The summed E-state index contributed by atoms with van der Waals surface area (Å²) in [7, 11) is 0. The van der Waals surface area contributed by atoms with Crippen LogP contribution in [0.2, 0.25) is 0 Å². The Balaban J connectivity index is 1.59. The first kappa shape index (κ1) is 14.3. The molecule has 1 fully saturated rings. The van der Waals surface area contributed by atoms with Crippen LogP contribution in [-0.2, 0) is 11.3 Å². The molecule has 0 bridgehead atoms. The van der Waals surface area contributed by atoms with Gasteiger partial charge in [-0.2, -0.15) is 0 Å². The lowest BCUT2D eigenvalue weighted by Crippen LogP contribution is -2.35. The Hall–Kier alpha value is -1.67. The Bertz CT molecular complexity index is 631. The number of carboxylic acids is 1. The van der Waals surface area contributed by atoms with E-state index in [2.05, 4.69) is 31.0 Å². The predicted molar refractivity (Wildman–Crippen MR) is 75.3 cm³/mol. The van der Waals surface area contributed by atoms with Crippen molar-refractivity contribution in [1.82, 2.24) is 15.1 Å². The fraction of sp³-hybridized carbons (Fsp3) is 0.462. The topological polar surface area (TPSA) is 92.6 Å². The van der Waals surface area contributed by atoms with Gasteiger partial charge in [-0.05, 0) is 54.0 Å². The normalized spacial score (nSPS) is 17.2. The zero-order valence-electron chi connectivity index (χ0n) is 11.2. The number of aromatic nitrogens is 2. The van der Waals surface area contributed by atoms with Crippen molar-refractivity contribution in [3.8, 4) is 11.7 Å². The molecule has 0 spiro atoms. The summed E-state index contributed by atoms with van der Waals surface area (Å²) in [6.07, 6.45) is 1.31. The van der Waals surface area contributed by atoms with Crippen LogP contribution in [0.3, 0.4) is 0 Å². The van der Waals surface area contributed by atoms with E-state index < -0.39 is 5.97 Å². The van der Waals surface area contributed by atoms with Crippen LogP contribution in [0.15, 0.2) is 25.6 Å². The van der Waals surface area contributed by atoms with Crippen LogP contribution in [-0.4, -0.2) is 39.3 Å². The van der Waals surface area contributed by atoms with Gasteiger partial charge in [0.1, 0.15) is 0 Å². The van der Waals surface area contributed by atoms with Crippen molar-refractivity contribution in [3.05, 3.63) is 22.7 Å². The van der Waals surface area contributed by atoms with Crippen LogP contribution in [0.25, 0.3) is 11.7 Å². The molecule has 7 nitrogen and oxygen atoms in total. The summed E-state index contributed by atoms with van der Waals surface area (Å²) < 4.78 is 11.5. The average molecular weight is 356 g/mol. The van der Waals surface area contributed by atoms with Gasteiger partial charge in [-0.1, -0.05) is 0 Å². The van der Waals surface area contributed by atoms with Crippen LogP contribution in [0, 0.1) is 5.92 Å². The third-order valence-electron chi connectivity index (χ3n) is 3.55. The summed E-state index contributed by atoms with van der Waals surface area (Å²) >= 11 is 3.22. The number of halogens is 1. The SMILES string of the molecule is O=C(O)C1CCN(Cc2nnc(-c3ccc(Br)o3)o2)CC1. The second-order valence-corrected chi connectivity index (χ2v) is 5.77. The molecule has 8 heteroatoms. The van der Waals surface area contributed by atoms with Gasteiger partial charge in [0.25, 0.3) is 5.89 Å². The van der Waals surface area contributed by atoms with Gasteiger partial charge in [-0.15, -0.1) is 10.2 Å². The van der Waals surface area contributed by atoms with Crippen LogP contribution in [0.4, 0.5) is 0 Å². The monoisotopic (exact) mass is 355 g/mol. The molecule has 0 atom stereocenters. The minimum atomic E-state index is -0.710. The number of hydrogen-bond acceptors (Lipinski definition) is 6. The maximum Gasteiger partial charge on any atom is 0.306 e. The number of likely N-dealkylation sites (tertiary alicyclic amines) is 1. The molecule has 112 valence electrons. The van der Waals surface area contributed by atoms with Gasteiger partial charge in [0.05, 0.1) is 12.5 Å². The van der Waals surface area contributed by atoms with E-state index in [1.807, 2.05) is 0 Å². The molecule has 0 aromatic carbocycles. The highest BCUT2D eigenvalue weighted by Gasteiger charge is 2.25. The molecule has 0 radical (unpaired) electrons. The zero-order valence-corrected chi connectivity index (χ0v) is 12.7. The molecule has 1 aliphatic rings. The van der Waals surface area contributed by atoms with Gasteiger partial charge in [0.2, 0.25) is 5.89 Å². The average Bonchev–Trinajstić information content (AvgIpc) is 3.08. The van der Waals surface area contributed by atoms with E-state index in [4.69, 9.17) is 13.9 Å². The minimum Gasteiger partial charge on any atom is -0.481 e. The summed E-state index contributed by atoms with van der Waals surface area (Å²) in [5.74, 6) is 0.422. The van der Waals surface area contributed by atoms with Crippen LogP contribution < -0.4 is 0 Å². The van der Waals surface area contributed by atoms with Gasteiger partial charge in [-0.25, -0.2) is 0 Å². The van der Waals surface area contributed by atoms with Gasteiger partial charge in [-0.3, -0.25) is 9.69 Å². The van der Waals surface area contributed by atoms with E-state index in [9.17, 15) is 4.79 Å². The van der Waals surface area contributed by atoms with Gasteiger partial charge >= 0.3 is 5.97 Å². The number of aliphatic carboxylic acids is 1. The number of carboxylic acid groups (broad SMARTS) is 1. The molecule has 1 aliphatic heterocycles. The van der Waals surface area contributed by atoms with E-state index >= 15 is 0 Å². The quantitative estimate of drug-likeness (QED) is 0.899. The molecule has 3 rings (SSSR count). The third kappa shape index (κ3) is 3.33. The molecule has 1 saturated heterocycles. The number of hydrogen-bond donors (Lipinski definition) is 1. The molecule has 0 aliphatic carbocycles. The highest BCUT2D eigenvalue weighted by molar-refractivity contribution is 9.10. The fourth-order valence-electron chi connectivity index (χ4n) is 2.38. The third-order valence-corrected chi connectivity index (χ3v) is 3.97. The van der Waals surface area contributed by atoms with E-state index in [1.54, 1.807) is 12.1 Å². The smallest absolute Gasteiger partial charge is 0.306 e. The van der Waals surface area contributed by atoms with E-state index in [-0.39, 0.29) is 5.92 Å². The summed E-state index contributed by atoms with van der Waals surface area (Å²) in [6, 6.07) is 3.51. The van der Waals surface area contributed by atoms with Crippen molar-refractivity contribution < 1.29 is 18.7 Å². The first-order valence-corrected chi connectivity index (χ1v) is 7.44. The van der Waals surface area contributed by atoms with Gasteiger partial charge < -0.3 is 13.9 Å². The van der Waals surface area contributed by atoms with E-state index in [0.717, 1.165) is 13.1 Å². The highest BCUT2D eigenvalue weighted by atomic mass is 79.9. The van der Waals surface area contributed by atoms with Crippen LogP contribution >= 0.6 is 15.9 Å². The first-order valence-electron chi connectivity index (χ1n) is 6.65. The maximum absolute atomic E-state index is 10.9. The Kier molecular flexibility index (Phi) is 4.07. The second-order valence-electron chi connectivity index (χ2n) is 4.99. The first-order chi connectivity index (χ1) is 10.1. The molecule has 1 N–H and O–H groups in total. The summed E-state index contributed by atoms with van der Waals surface area (Å²) in [5.41, 5.74) is 0. The lowest BCUT2D eigenvalue weighted by molar-refractivity contribution is -0.143. The van der Waals surface area contributed by atoms with Crippen molar-refractivity contribution >= 4 is 21.9 Å².